The van der Waals surface area contributed by atoms with E-state index in [0.29, 0.717) is 15.0 Å². The van der Waals surface area contributed by atoms with E-state index in [2.05, 4.69) is 5.32 Å². The van der Waals surface area contributed by atoms with Gasteiger partial charge < -0.3 is 10.1 Å². The van der Waals surface area contributed by atoms with Crippen molar-refractivity contribution in [3.05, 3.63) is 77.2 Å². The molecule has 0 aromatic heterocycles. The Kier molecular flexibility index (Phi) is 6.34. The number of carbonyl (C=O) groups is 2. The minimum absolute atomic E-state index is 0.150. The Morgan fingerprint density at radius 3 is 2.68 bits per heavy atom. The van der Waals surface area contributed by atoms with Crippen LogP contribution in [0.3, 0.4) is 0 Å². The van der Waals surface area contributed by atoms with E-state index >= 15 is 0 Å². The lowest BCUT2D eigenvalue weighted by Gasteiger charge is -2.14. The van der Waals surface area contributed by atoms with Gasteiger partial charge in [-0.25, -0.2) is 0 Å². The number of nitrogens with zero attached hydrogens (tertiary/aromatic N) is 1. The van der Waals surface area contributed by atoms with Crippen LogP contribution in [-0.2, 0) is 9.59 Å². The SMILES string of the molecule is COc1ccccc1C=C1SC(=S)N(CCC(=O)Nc2cccc3ccccc23)C1=O. The molecule has 1 aliphatic heterocycles. The fourth-order valence-corrected chi connectivity index (χ4v) is 4.68. The third-order valence-electron chi connectivity index (χ3n) is 4.93. The Labute approximate surface area is 190 Å². The number of rotatable bonds is 6. The molecule has 2 amide bonds. The number of anilines is 1. The van der Waals surface area contributed by atoms with E-state index in [9.17, 15) is 9.59 Å². The summed E-state index contributed by atoms with van der Waals surface area (Å²) in [5.74, 6) is 0.320. The molecule has 5 nitrogen and oxygen atoms in total. The molecule has 1 N–H and O–H groups in total. The molecular weight excluding hydrogens is 428 g/mol. The van der Waals surface area contributed by atoms with Crippen molar-refractivity contribution in [2.24, 2.45) is 0 Å². The molecule has 0 unspecified atom stereocenters. The molecule has 0 spiro atoms. The highest BCUT2D eigenvalue weighted by Gasteiger charge is 2.32. The highest BCUT2D eigenvalue weighted by atomic mass is 32.2. The van der Waals surface area contributed by atoms with E-state index in [1.165, 1.54) is 16.7 Å². The van der Waals surface area contributed by atoms with Gasteiger partial charge in [0.05, 0.1) is 12.0 Å². The molecule has 156 valence electrons. The average Bonchev–Trinajstić information content (AvgIpc) is 3.05. The normalized spacial score (nSPS) is 15.0. The second kappa shape index (κ2) is 9.32. The molecule has 0 radical (unpaired) electrons. The van der Waals surface area contributed by atoms with Crippen molar-refractivity contribution in [3.63, 3.8) is 0 Å². The van der Waals surface area contributed by atoms with Crippen LogP contribution in [0.4, 0.5) is 5.69 Å². The number of thiocarbonyl (C=S) groups is 1. The molecule has 3 aromatic carbocycles. The lowest BCUT2D eigenvalue weighted by molar-refractivity contribution is -0.122. The maximum absolute atomic E-state index is 12.8. The number of amides is 2. The van der Waals surface area contributed by atoms with Crippen molar-refractivity contribution in [1.82, 2.24) is 4.90 Å². The van der Waals surface area contributed by atoms with Gasteiger partial charge in [-0.2, -0.15) is 0 Å². The molecule has 1 aliphatic rings. The van der Waals surface area contributed by atoms with Gasteiger partial charge in [-0.1, -0.05) is 78.6 Å². The standard InChI is InChI=1S/C24H20N2O3S2/c1-29-20-12-5-3-8-17(20)15-21-23(28)26(24(30)31-21)14-13-22(27)25-19-11-6-9-16-7-2-4-10-18(16)19/h2-12,15H,13-14H2,1H3,(H,25,27). The Morgan fingerprint density at radius 2 is 1.84 bits per heavy atom. The Balaban J connectivity index is 1.42. The van der Waals surface area contributed by atoms with Crippen LogP contribution < -0.4 is 10.1 Å². The van der Waals surface area contributed by atoms with Crippen LogP contribution in [0.15, 0.2) is 71.6 Å². The highest BCUT2D eigenvalue weighted by Crippen LogP contribution is 2.34. The third kappa shape index (κ3) is 4.62. The van der Waals surface area contributed by atoms with Crippen LogP contribution in [0.5, 0.6) is 5.75 Å². The second-order valence-electron chi connectivity index (χ2n) is 6.90. The van der Waals surface area contributed by atoms with Crippen molar-refractivity contribution in [3.8, 4) is 5.75 Å². The Morgan fingerprint density at radius 1 is 1.10 bits per heavy atom. The molecule has 3 aromatic rings. The summed E-state index contributed by atoms with van der Waals surface area (Å²) in [5, 5.41) is 4.98. The van der Waals surface area contributed by atoms with Gasteiger partial charge in [0.1, 0.15) is 10.1 Å². The van der Waals surface area contributed by atoms with E-state index < -0.39 is 0 Å². The van der Waals surface area contributed by atoms with Crippen LogP contribution in [0.25, 0.3) is 16.8 Å². The summed E-state index contributed by atoms with van der Waals surface area (Å²) in [7, 11) is 1.59. The summed E-state index contributed by atoms with van der Waals surface area (Å²) < 4.78 is 5.79. The van der Waals surface area contributed by atoms with Gasteiger partial charge in [0.2, 0.25) is 5.91 Å². The number of carbonyl (C=O) groups excluding carboxylic acids is 2. The molecule has 1 heterocycles. The van der Waals surface area contributed by atoms with E-state index in [1.807, 2.05) is 66.7 Å². The molecule has 1 saturated heterocycles. The van der Waals surface area contributed by atoms with Crippen LogP contribution in [0.2, 0.25) is 0 Å². The molecule has 0 atom stereocenters. The fraction of sp³-hybridized carbons (Fsp3) is 0.125. The van der Waals surface area contributed by atoms with Gasteiger partial charge in [-0.3, -0.25) is 14.5 Å². The summed E-state index contributed by atoms with van der Waals surface area (Å²) >= 11 is 6.62. The van der Waals surface area contributed by atoms with E-state index in [4.69, 9.17) is 17.0 Å². The zero-order valence-electron chi connectivity index (χ0n) is 16.8. The first-order chi connectivity index (χ1) is 15.1. The fourth-order valence-electron chi connectivity index (χ4n) is 3.38. The monoisotopic (exact) mass is 448 g/mol. The quantitative estimate of drug-likeness (QED) is 0.421. The Hall–Kier alpha value is -3.16. The van der Waals surface area contributed by atoms with Crippen LogP contribution in [0, 0.1) is 0 Å². The molecule has 0 saturated carbocycles. The molecule has 31 heavy (non-hydrogen) atoms. The van der Waals surface area contributed by atoms with Crippen molar-refractivity contribution in [2.45, 2.75) is 6.42 Å². The Bertz CT molecular complexity index is 1200. The molecule has 0 bridgehead atoms. The molecule has 0 aliphatic carbocycles. The number of hydrogen-bond acceptors (Lipinski definition) is 5. The van der Waals surface area contributed by atoms with E-state index in [-0.39, 0.29) is 24.8 Å². The first kappa shape index (κ1) is 21.1. The maximum Gasteiger partial charge on any atom is 0.266 e. The minimum Gasteiger partial charge on any atom is -0.496 e. The zero-order chi connectivity index (χ0) is 21.8. The number of benzene rings is 3. The number of para-hydroxylation sites is 1. The number of nitrogens with one attached hydrogen (secondary N) is 1. The van der Waals surface area contributed by atoms with Crippen molar-refractivity contribution < 1.29 is 14.3 Å². The van der Waals surface area contributed by atoms with Crippen LogP contribution >= 0.6 is 24.0 Å². The van der Waals surface area contributed by atoms with Gasteiger partial charge in [0.15, 0.2) is 0 Å². The summed E-state index contributed by atoms with van der Waals surface area (Å²) in [6, 6.07) is 21.1. The van der Waals surface area contributed by atoms with Crippen molar-refractivity contribution in [1.29, 1.82) is 0 Å². The van der Waals surface area contributed by atoms with Crippen LogP contribution in [0.1, 0.15) is 12.0 Å². The van der Waals surface area contributed by atoms with Gasteiger partial charge in [-0.15, -0.1) is 0 Å². The summed E-state index contributed by atoms with van der Waals surface area (Å²) in [6.45, 7) is 0.227. The highest BCUT2D eigenvalue weighted by molar-refractivity contribution is 8.26. The summed E-state index contributed by atoms with van der Waals surface area (Å²) in [6.07, 6.45) is 1.92. The third-order valence-corrected chi connectivity index (χ3v) is 6.30. The van der Waals surface area contributed by atoms with E-state index in [0.717, 1.165) is 22.0 Å². The summed E-state index contributed by atoms with van der Waals surface area (Å²) in [5.41, 5.74) is 1.56. The maximum atomic E-state index is 12.8. The number of hydrogen-bond donors (Lipinski definition) is 1. The van der Waals surface area contributed by atoms with Gasteiger partial charge in [-0.05, 0) is 23.6 Å². The first-order valence-corrected chi connectivity index (χ1v) is 11.0. The second-order valence-corrected chi connectivity index (χ2v) is 8.58. The number of thioether (sulfide) groups is 1. The number of methoxy groups -OCH3 is 1. The molecule has 7 heteroatoms. The van der Waals surface area contributed by atoms with Crippen molar-refractivity contribution in [2.75, 3.05) is 19.0 Å². The average molecular weight is 449 g/mol. The predicted octanol–water partition coefficient (Wildman–Crippen LogP) is 5.08. The molecule has 1 fully saturated rings. The topological polar surface area (TPSA) is 58.6 Å². The lowest BCUT2D eigenvalue weighted by atomic mass is 10.1. The van der Waals surface area contributed by atoms with E-state index in [1.54, 1.807) is 13.2 Å². The number of fused-ring (bicyclic) bond motifs is 1. The number of ether oxygens (including phenoxy) is 1. The van der Waals surface area contributed by atoms with Gasteiger partial charge in [0, 0.05) is 29.6 Å². The lowest BCUT2D eigenvalue weighted by Crippen LogP contribution is -2.31. The zero-order valence-corrected chi connectivity index (χ0v) is 18.5. The molecule has 4 rings (SSSR count). The van der Waals surface area contributed by atoms with Crippen LogP contribution in [-0.4, -0.2) is 34.7 Å². The molecular formula is C24H20N2O3S2. The van der Waals surface area contributed by atoms with Gasteiger partial charge >= 0.3 is 0 Å². The smallest absolute Gasteiger partial charge is 0.266 e. The largest absolute Gasteiger partial charge is 0.496 e. The first-order valence-electron chi connectivity index (χ1n) is 9.73. The minimum atomic E-state index is -0.195. The van der Waals surface area contributed by atoms with Crippen molar-refractivity contribution >= 4 is 62.7 Å². The van der Waals surface area contributed by atoms with Gasteiger partial charge in [0.25, 0.3) is 5.91 Å². The predicted molar refractivity (Wildman–Crippen MR) is 130 cm³/mol. The summed E-state index contributed by atoms with van der Waals surface area (Å²) in [4.78, 5) is 27.4.